The van der Waals surface area contributed by atoms with Gasteiger partial charge in [0.1, 0.15) is 0 Å². The van der Waals surface area contributed by atoms with E-state index in [1.54, 1.807) is 0 Å². The molecule has 1 aliphatic carbocycles. The van der Waals surface area contributed by atoms with Crippen molar-refractivity contribution in [1.29, 1.82) is 0 Å². The van der Waals surface area contributed by atoms with Crippen molar-refractivity contribution in [2.24, 2.45) is 5.92 Å². The SMILES string of the molecule is O=C(C1CCCC1)N1CCCC1CCCCl. The number of nitrogens with zero attached hydrogens (tertiary/aromatic N) is 1. The van der Waals surface area contributed by atoms with Gasteiger partial charge in [-0.1, -0.05) is 12.8 Å². The highest BCUT2D eigenvalue weighted by Gasteiger charge is 2.33. The minimum Gasteiger partial charge on any atom is -0.339 e. The number of alkyl halides is 1. The third-order valence-corrected chi connectivity index (χ3v) is 4.30. The molecule has 16 heavy (non-hydrogen) atoms. The van der Waals surface area contributed by atoms with Crippen LogP contribution in [0, 0.1) is 5.92 Å². The van der Waals surface area contributed by atoms with Crippen LogP contribution >= 0.6 is 11.6 Å². The topological polar surface area (TPSA) is 20.3 Å². The maximum atomic E-state index is 12.3. The number of amides is 1. The molecule has 1 amide bonds. The fraction of sp³-hybridized carbons (Fsp3) is 0.923. The lowest BCUT2D eigenvalue weighted by Gasteiger charge is -2.27. The van der Waals surface area contributed by atoms with E-state index in [0.29, 0.717) is 17.9 Å². The smallest absolute Gasteiger partial charge is 0.225 e. The molecule has 1 atom stereocenters. The monoisotopic (exact) mass is 243 g/mol. The minimum atomic E-state index is 0.344. The van der Waals surface area contributed by atoms with Crippen molar-refractivity contribution in [1.82, 2.24) is 4.90 Å². The fourth-order valence-electron chi connectivity index (χ4n) is 3.15. The Hall–Kier alpha value is -0.240. The van der Waals surface area contributed by atoms with Gasteiger partial charge in [-0.2, -0.15) is 0 Å². The Morgan fingerprint density at radius 2 is 1.94 bits per heavy atom. The second-order valence-electron chi connectivity index (χ2n) is 5.14. The summed E-state index contributed by atoms with van der Waals surface area (Å²) in [6.07, 6.45) is 9.26. The highest BCUT2D eigenvalue weighted by atomic mass is 35.5. The van der Waals surface area contributed by atoms with Gasteiger partial charge in [-0.05, 0) is 38.5 Å². The van der Waals surface area contributed by atoms with E-state index in [4.69, 9.17) is 11.6 Å². The van der Waals surface area contributed by atoms with E-state index in [1.807, 2.05) is 0 Å². The first-order chi connectivity index (χ1) is 7.83. The summed E-state index contributed by atoms with van der Waals surface area (Å²) in [5, 5.41) is 0. The zero-order chi connectivity index (χ0) is 11.4. The van der Waals surface area contributed by atoms with E-state index in [9.17, 15) is 4.79 Å². The summed E-state index contributed by atoms with van der Waals surface area (Å²) in [5.41, 5.74) is 0. The molecular weight excluding hydrogens is 222 g/mol. The zero-order valence-electron chi connectivity index (χ0n) is 9.96. The second kappa shape index (κ2) is 5.90. The molecule has 1 saturated carbocycles. The molecule has 2 nitrogen and oxygen atoms in total. The van der Waals surface area contributed by atoms with E-state index in [2.05, 4.69) is 4.90 Å². The lowest BCUT2D eigenvalue weighted by atomic mass is 10.0. The summed E-state index contributed by atoms with van der Waals surface area (Å²) in [7, 11) is 0. The van der Waals surface area contributed by atoms with Crippen LogP contribution in [0.1, 0.15) is 51.4 Å². The van der Waals surface area contributed by atoms with Crippen LogP contribution in [0.3, 0.4) is 0 Å². The van der Waals surface area contributed by atoms with Crippen molar-refractivity contribution in [2.75, 3.05) is 12.4 Å². The molecule has 2 fully saturated rings. The first-order valence-electron chi connectivity index (χ1n) is 6.69. The molecule has 2 aliphatic rings. The molecule has 0 spiro atoms. The molecule has 2 rings (SSSR count). The predicted octanol–water partition coefficient (Wildman–Crippen LogP) is 3.19. The van der Waals surface area contributed by atoms with Gasteiger partial charge in [0.25, 0.3) is 0 Å². The van der Waals surface area contributed by atoms with Gasteiger partial charge in [0.2, 0.25) is 5.91 Å². The highest BCUT2D eigenvalue weighted by molar-refractivity contribution is 6.17. The number of carbonyl (C=O) groups is 1. The number of hydrogen-bond acceptors (Lipinski definition) is 1. The minimum absolute atomic E-state index is 0.344. The van der Waals surface area contributed by atoms with Crippen LogP contribution in [0.25, 0.3) is 0 Å². The van der Waals surface area contributed by atoms with Crippen molar-refractivity contribution < 1.29 is 4.79 Å². The number of hydrogen-bond donors (Lipinski definition) is 0. The molecule has 1 aliphatic heterocycles. The summed E-state index contributed by atoms with van der Waals surface area (Å²) < 4.78 is 0. The lowest BCUT2D eigenvalue weighted by molar-refractivity contribution is -0.136. The molecule has 3 heteroatoms. The van der Waals surface area contributed by atoms with E-state index >= 15 is 0 Å². The van der Waals surface area contributed by atoms with Crippen LogP contribution in [-0.4, -0.2) is 29.3 Å². The Kier molecular flexibility index (Phi) is 4.51. The lowest BCUT2D eigenvalue weighted by Crippen LogP contribution is -2.39. The van der Waals surface area contributed by atoms with Crippen molar-refractivity contribution in [3.05, 3.63) is 0 Å². The fourth-order valence-corrected chi connectivity index (χ4v) is 3.30. The van der Waals surface area contributed by atoms with Crippen molar-refractivity contribution in [3.63, 3.8) is 0 Å². The molecule has 0 aromatic heterocycles. The molecular formula is C13H22ClNO. The average Bonchev–Trinajstić information content (AvgIpc) is 2.96. The number of carbonyl (C=O) groups excluding carboxylic acids is 1. The van der Waals surface area contributed by atoms with Crippen LogP contribution in [0.4, 0.5) is 0 Å². The van der Waals surface area contributed by atoms with E-state index < -0.39 is 0 Å². The van der Waals surface area contributed by atoms with Gasteiger partial charge in [0, 0.05) is 24.4 Å². The number of halogens is 1. The van der Waals surface area contributed by atoms with Crippen LogP contribution in [-0.2, 0) is 4.79 Å². The Balaban J connectivity index is 1.88. The molecule has 1 unspecified atom stereocenters. The highest BCUT2D eigenvalue weighted by Crippen LogP contribution is 2.30. The summed E-state index contributed by atoms with van der Waals surface area (Å²) in [5.74, 6) is 1.51. The quantitative estimate of drug-likeness (QED) is 0.695. The number of likely N-dealkylation sites (tertiary alicyclic amines) is 1. The molecule has 0 radical (unpaired) electrons. The first-order valence-corrected chi connectivity index (χ1v) is 7.23. The first kappa shape index (κ1) is 12.2. The Morgan fingerprint density at radius 1 is 1.19 bits per heavy atom. The standard InChI is InChI=1S/C13H22ClNO/c14-9-3-7-12-8-4-10-15(12)13(16)11-5-1-2-6-11/h11-12H,1-10H2. The Morgan fingerprint density at radius 3 is 2.62 bits per heavy atom. The normalized spacial score (nSPS) is 26.6. The van der Waals surface area contributed by atoms with Crippen LogP contribution < -0.4 is 0 Å². The second-order valence-corrected chi connectivity index (χ2v) is 5.52. The van der Waals surface area contributed by atoms with Crippen molar-refractivity contribution in [3.8, 4) is 0 Å². The van der Waals surface area contributed by atoms with Gasteiger partial charge in [0.15, 0.2) is 0 Å². The molecule has 0 N–H and O–H groups in total. The van der Waals surface area contributed by atoms with Crippen LogP contribution in [0.15, 0.2) is 0 Å². The van der Waals surface area contributed by atoms with Crippen molar-refractivity contribution >= 4 is 17.5 Å². The van der Waals surface area contributed by atoms with Gasteiger partial charge in [0.05, 0.1) is 0 Å². The van der Waals surface area contributed by atoms with Crippen LogP contribution in [0.2, 0.25) is 0 Å². The third-order valence-electron chi connectivity index (χ3n) is 4.04. The molecule has 0 bridgehead atoms. The molecule has 92 valence electrons. The van der Waals surface area contributed by atoms with Gasteiger partial charge in [-0.25, -0.2) is 0 Å². The summed E-state index contributed by atoms with van der Waals surface area (Å²) in [6.45, 7) is 0.988. The average molecular weight is 244 g/mol. The van der Waals surface area contributed by atoms with Gasteiger partial charge in [-0.15, -0.1) is 11.6 Å². The molecule has 0 aromatic rings. The zero-order valence-corrected chi connectivity index (χ0v) is 10.7. The summed E-state index contributed by atoms with van der Waals surface area (Å²) in [6, 6.07) is 0.492. The molecule has 1 heterocycles. The Labute approximate surface area is 103 Å². The van der Waals surface area contributed by atoms with Gasteiger partial charge >= 0.3 is 0 Å². The molecule has 1 saturated heterocycles. The number of rotatable bonds is 4. The molecule has 0 aromatic carbocycles. The van der Waals surface area contributed by atoms with Gasteiger partial charge < -0.3 is 4.90 Å². The largest absolute Gasteiger partial charge is 0.339 e. The maximum Gasteiger partial charge on any atom is 0.225 e. The van der Waals surface area contributed by atoms with E-state index in [1.165, 1.54) is 25.7 Å². The maximum absolute atomic E-state index is 12.3. The van der Waals surface area contributed by atoms with Crippen molar-refractivity contribution in [2.45, 2.75) is 57.4 Å². The van der Waals surface area contributed by atoms with E-state index in [-0.39, 0.29) is 0 Å². The Bertz CT molecular complexity index is 238. The predicted molar refractivity (Wildman–Crippen MR) is 66.6 cm³/mol. The van der Waals surface area contributed by atoms with Crippen LogP contribution in [0.5, 0.6) is 0 Å². The third kappa shape index (κ3) is 2.71. The summed E-state index contributed by atoms with van der Waals surface area (Å²) >= 11 is 5.73. The summed E-state index contributed by atoms with van der Waals surface area (Å²) in [4.78, 5) is 14.5. The van der Waals surface area contributed by atoms with E-state index in [0.717, 1.165) is 38.1 Å². The van der Waals surface area contributed by atoms with Gasteiger partial charge in [-0.3, -0.25) is 4.79 Å².